The van der Waals surface area contributed by atoms with E-state index in [0.29, 0.717) is 11.6 Å². The van der Waals surface area contributed by atoms with Crippen LogP contribution in [-0.4, -0.2) is 20.7 Å². The number of carboxylic acids is 1. The number of aryl methyl sites for hydroxylation is 1. The average molecular weight is 358 g/mol. The number of halogens is 1. The van der Waals surface area contributed by atoms with Crippen LogP contribution in [0.3, 0.4) is 0 Å². The van der Waals surface area contributed by atoms with Crippen LogP contribution in [-0.2, 0) is 11.3 Å². The van der Waals surface area contributed by atoms with Gasteiger partial charge in [-0.2, -0.15) is 0 Å². The summed E-state index contributed by atoms with van der Waals surface area (Å²) < 4.78 is 2.14. The van der Waals surface area contributed by atoms with Crippen LogP contribution < -0.4 is 0 Å². The molecule has 0 aliphatic heterocycles. The number of benzene rings is 2. The van der Waals surface area contributed by atoms with Crippen molar-refractivity contribution in [3.63, 3.8) is 0 Å². The molecule has 0 bridgehead atoms. The van der Waals surface area contributed by atoms with E-state index >= 15 is 0 Å². The van der Waals surface area contributed by atoms with Gasteiger partial charge < -0.3 is 14.8 Å². The molecular formula is C20H20ClNO3. The van der Waals surface area contributed by atoms with E-state index in [9.17, 15) is 15.0 Å². The molecule has 1 unspecified atom stereocenters. The number of aromatic hydroxyl groups is 1. The zero-order valence-corrected chi connectivity index (χ0v) is 14.9. The van der Waals surface area contributed by atoms with Gasteiger partial charge in [0.05, 0.1) is 6.42 Å². The van der Waals surface area contributed by atoms with Crippen molar-refractivity contribution in [1.29, 1.82) is 0 Å². The smallest absolute Gasteiger partial charge is 0.304 e. The molecule has 0 spiro atoms. The maximum atomic E-state index is 11.2. The number of aromatic nitrogens is 1. The second-order valence-corrected chi connectivity index (χ2v) is 6.86. The highest BCUT2D eigenvalue weighted by Gasteiger charge is 2.21. The number of fused-ring (bicyclic) bond motifs is 1. The molecule has 0 radical (unpaired) electrons. The van der Waals surface area contributed by atoms with Gasteiger partial charge in [-0.05, 0) is 48.4 Å². The molecule has 0 saturated heterocycles. The van der Waals surface area contributed by atoms with E-state index in [0.717, 1.165) is 27.7 Å². The number of carbonyl (C=O) groups is 1. The first-order valence-corrected chi connectivity index (χ1v) is 8.52. The second kappa shape index (κ2) is 6.81. The third-order valence-corrected chi connectivity index (χ3v) is 4.80. The quantitative estimate of drug-likeness (QED) is 0.680. The van der Waals surface area contributed by atoms with Crippen molar-refractivity contribution < 1.29 is 15.0 Å². The third kappa shape index (κ3) is 3.49. The zero-order chi connectivity index (χ0) is 18.1. The number of carboxylic acid groups (broad SMARTS) is 1. The highest BCUT2D eigenvalue weighted by atomic mass is 35.5. The van der Waals surface area contributed by atoms with E-state index in [-0.39, 0.29) is 18.1 Å². The van der Waals surface area contributed by atoms with Crippen LogP contribution in [0, 0.1) is 6.92 Å². The summed E-state index contributed by atoms with van der Waals surface area (Å²) >= 11 is 5.97. The Kier molecular flexibility index (Phi) is 4.73. The second-order valence-electron chi connectivity index (χ2n) is 6.42. The van der Waals surface area contributed by atoms with Gasteiger partial charge in [-0.15, -0.1) is 0 Å². The van der Waals surface area contributed by atoms with Crippen LogP contribution in [0.5, 0.6) is 5.75 Å². The topological polar surface area (TPSA) is 62.5 Å². The fourth-order valence-corrected chi connectivity index (χ4v) is 3.59. The summed E-state index contributed by atoms with van der Waals surface area (Å²) in [7, 11) is 0. The number of phenolic OH excluding ortho intramolecular Hbond substituents is 1. The number of hydrogen-bond donors (Lipinski definition) is 2. The van der Waals surface area contributed by atoms with Crippen LogP contribution in [0.1, 0.15) is 36.1 Å². The Bertz CT molecular complexity index is 928. The summed E-state index contributed by atoms with van der Waals surface area (Å²) in [6.45, 7) is 4.52. The van der Waals surface area contributed by atoms with Crippen molar-refractivity contribution in [1.82, 2.24) is 4.57 Å². The molecule has 2 aromatic carbocycles. The molecule has 0 amide bonds. The van der Waals surface area contributed by atoms with Crippen molar-refractivity contribution in [3.05, 3.63) is 64.3 Å². The lowest BCUT2D eigenvalue weighted by Crippen LogP contribution is -2.11. The van der Waals surface area contributed by atoms with E-state index in [1.165, 1.54) is 0 Å². The summed E-state index contributed by atoms with van der Waals surface area (Å²) in [4.78, 5) is 11.2. The molecule has 1 atom stereocenters. The third-order valence-electron chi connectivity index (χ3n) is 4.55. The molecule has 0 fully saturated rings. The first-order valence-electron chi connectivity index (χ1n) is 8.14. The average Bonchev–Trinajstić information content (AvgIpc) is 2.81. The van der Waals surface area contributed by atoms with Gasteiger partial charge in [0.25, 0.3) is 0 Å². The largest absolute Gasteiger partial charge is 0.508 e. The van der Waals surface area contributed by atoms with Crippen molar-refractivity contribution in [2.24, 2.45) is 0 Å². The fraction of sp³-hybridized carbons (Fsp3) is 0.250. The molecule has 0 saturated carbocycles. The molecule has 0 aliphatic carbocycles. The Morgan fingerprint density at radius 2 is 1.88 bits per heavy atom. The SMILES string of the molecule is Cc1c(C(C)CC(=O)O)n(Cc2ccc(Cl)cc2)c2ccc(O)cc12. The zero-order valence-electron chi connectivity index (χ0n) is 14.2. The first kappa shape index (κ1) is 17.4. The van der Waals surface area contributed by atoms with Gasteiger partial charge in [0, 0.05) is 34.1 Å². The fourth-order valence-electron chi connectivity index (χ4n) is 3.47. The number of phenols is 1. The Hall–Kier alpha value is -2.46. The number of hydrogen-bond acceptors (Lipinski definition) is 2. The number of aliphatic carboxylic acids is 1. The minimum atomic E-state index is -0.821. The van der Waals surface area contributed by atoms with E-state index < -0.39 is 5.97 Å². The van der Waals surface area contributed by atoms with Crippen LogP contribution in [0.25, 0.3) is 10.9 Å². The monoisotopic (exact) mass is 357 g/mol. The predicted molar refractivity (Wildman–Crippen MR) is 99.6 cm³/mol. The summed E-state index contributed by atoms with van der Waals surface area (Å²) in [6, 6.07) is 12.9. The maximum absolute atomic E-state index is 11.2. The number of rotatable bonds is 5. The van der Waals surface area contributed by atoms with Crippen molar-refractivity contribution in [2.75, 3.05) is 0 Å². The molecule has 3 aromatic rings. The van der Waals surface area contributed by atoms with E-state index in [1.807, 2.05) is 44.2 Å². The molecule has 1 heterocycles. The maximum Gasteiger partial charge on any atom is 0.304 e. The van der Waals surface area contributed by atoms with E-state index in [2.05, 4.69) is 4.57 Å². The van der Waals surface area contributed by atoms with E-state index in [1.54, 1.807) is 12.1 Å². The summed E-state index contributed by atoms with van der Waals surface area (Å²) in [5, 5.41) is 20.7. The molecule has 25 heavy (non-hydrogen) atoms. The van der Waals surface area contributed by atoms with Gasteiger partial charge in [-0.1, -0.05) is 30.7 Å². The molecule has 2 N–H and O–H groups in total. The Labute approximate surface area is 151 Å². The minimum Gasteiger partial charge on any atom is -0.508 e. The lowest BCUT2D eigenvalue weighted by molar-refractivity contribution is -0.137. The summed E-state index contributed by atoms with van der Waals surface area (Å²) in [6.07, 6.45) is 0.0593. The van der Waals surface area contributed by atoms with Gasteiger partial charge in [0.2, 0.25) is 0 Å². The molecule has 3 rings (SSSR count). The van der Waals surface area contributed by atoms with Gasteiger partial charge in [-0.3, -0.25) is 4.79 Å². The van der Waals surface area contributed by atoms with Gasteiger partial charge >= 0.3 is 5.97 Å². The molecular weight excluding hydrogens is 338 g/mol. The van der Waals surface area contributed by atoms with Crippen molar-refractivity contribution in [3.8, 4) is 5.75 Å². The summed E-state index contributed by atoms with van der Waals surface area (Å²) in [5.74, 6) is -0.755. The highest BCUT2D eigenvalue weighted by Crippen LogP contribution is 2.34. The molecule has 4 nitrogen and oxygen atoms in total. The van der Waals surface area contributed by atoms with Crippen LogP contribution in [0.4, 0.5) is 0 Å². The normalized spacial score (nSPS) is 12.4. The van der Waals surface area contributed by atoms with Crippen molar-refractivity contribution in [2.45, 2.75) is 32.7 Å². The molecule has 5 heteroatoms. The summed E-state index contributed by atoms with van der Waals surface area (Å²) in [5.41, 5.74) is 4.06. The lowest BCUT2D eigenvalue weighted by Gasteiger charge is -2.16. The molecule has 1 aromatic heterocycles. The Morgan fingerprint density at radius 3 is 2.52 bits per heavy atom. The number of nitrogens with zero attached hydrogens (tertiary/aromatic N) is 1. The first-order chi connectivity index (χ1) is 11.9. The molecule has 0 aliphatic rings. The van der Waals surface area contributed by atoms with E-state index in [4.69, 9.17) is 11.6 Å². The van der Waals surface area contributed by atoms with Crippen LogP contribution in [0.2, 0.25) is 5.02 Å². The van der Waals surface area contributed by atoms with Crippen LogP contribution in [0.15, 0.2) is 42.5 Å². The van der Waals surface area contributed by atoms with Crippen molar-refractivity contribution >= 4 is 28.5 Å². The Balaban J connectivity index is 2.16. The lowest BCUT2D eigenvalue weighted by atomic mass is 9.99. The van der Waals surface area contributed by atoms with Gasteiger partial charge in [-0.25, -0.2) is 0 Å². The Morgan fingerprint density at radius 1 is 1.20 bits per heavy atom. The van der Waals surface area contributed by atoms with Gasteiger partial charge in [0.15, 0.2) is 0 Å². The predicted octanol–water partition coefficient (Wildman–Crippen LogP) is 4.94. The standard InChI is InChI=1S/C20H20ClNO3/c1-12(9-19(24)25)20-13(2)17-10-16(23)7-8-18(17)22(20)11-14-3-5-15(21)6-4-14/h3-8,10,12,23H,9,11H2,1-2H3,(H,24,25). The minimum absolute atomic E-state index is 0.0593. The highest BCUT2D eigenvalue weighted by molar-refractivity contribution is 6.30. The van der Waals surface area contributed by atoms with Crippen LogP contribution >= 0.6 is 11.6 Å². The molecule has 130 valence electrons. The van der Waals surface area contributed by atoms with Gasteiger partial charge in [0.1, 0.15) is 5.75 Å².